The quantitative estimate of drug-likeness (QED) is 0.849. The van der Waals surface area contributed by atoms with Crippen LogP contribution in [0.4, 0.5) is 18.9 Å². The van der Waals surface area contributed by atoms with Crippen molar-refractivity contribution in [2.24, 2.45) is 11.8 Å². The third-order valence-corrected chi connectivity index (χ3v) is 4.37. The Bertz CT molecular complexity index is 584. The predicted molar refractivity (Wildman–Crippen MR) is 82.5 cm³/mol. The van der Waals surface area contributed by atoms with Gasteiger partial charge in [-0.1, -0.05) is 25.0 Å². The molecule has 0 saturated heterocycles. The lowest BCUT2D eigenvalue weighted by Crippen LogP contribution is -2.39. The normalized spacial score (nSPS) is 21.3. The van der Waals surface area contributed by atoms with E-state index in [1.165, 1.54) is 0 Å². The minimum Gasteiger partial charge on any atom is -0.481 e. The molecular formula is C17H20F3NO3. The third-order valence-electron chi connectivity index (χ3n) is 4.37. The zero-order valence-electron chi connectivity index (χ0n) is 13.1. The zero-order chi connectivity index (χ0) is 17.7. The highest BCUT2D eigenvalue weighted by atomic mass is 19.4. The molecule has 132 valence electrons. The van der Waals surface area contributed by atoms with Crippen LogP contribution in [0.2, 0.25) is 0 Å². The highest BCUT2D eigenvalue weighted by Gasteiger charge is 2.48. The van der Waals surface area contributed by atoms with Crippen molar-refractivity contribution < 1.29 is 27.9 Å². The molecule has 0 aliphatic heterocycles. The Kier molecular flexibility index (Phi) is 5.85. The number of rotatable bonds is 5. The molecule has 0 bridgehead atoms. The van der Waals surface area contributed by atoms with E-state index in [1.54, 1.807) is 24.3 Å². The summed E-state index contributed by atoms with van der Waals surface area (Å²) < 4.78 is 39.2. The molecule has 1 aliphatic carbocycles. The number of carboxylic acids is 1. The fraction of sp³-hybridized carbons (Fsp3) is 0.529. The number of benzene rings is 1. The van der Waals surface area contributed by atoms with Gasteiger partial charge in [-0.3, -0.25) is 9.59 Å². The number of carboxylic acid groups (broad SMARTS) is 1. The number of alkyl halides is 3. The Hall–Kier alpha value is -2.05. The number of anilines is 1. The number of hydrogen-bond donors (Lipinski definition) is 2. The summed E-state index contributed by atoms with van der Waals surface area (Å²) in [6, 6.07) is 6.50. The lowest BCUT2D eigenvalue weighted by atomic mass is 9.78. The van der Waals surface area contributed by atoms with Gasteiger partial charge in [0.05, 0.1) is 5.92 Å². The molecule has 4 nitrogen and oxygen atoms in total. The van der Waals surface area contributed by atoms with Gasteiger partial charge in [0.1, 0.15) is 0 Å². The molecular weight excluding hydrogens is 323 g/mol. The lowest BCUT2D eigenvalue weighted by Gasteiger charge is -2.32. The number of aryl methyl sites for hydroxylation is 1. The smallest absolute Gasteiger partial charge is 0.392 e. The first-order valence-corrected chi connectivity index (χ1v) is 7.95. The van der Waals surface area contributed by atoms with Crippen LogP contribution in [0, 0.1) is 11.8 Å². The average Bonchev–Trinajstić information content (AvgIpc) is 2.53. The first-order valence-electron chi connectivity index (χ1n) is 7.95. The lowest BCUT2D eigenvalue weighted by molar-refractivity contribution is -0.197. The first kappa shape index (κ1) is 18.3. The minimum atomic E-state index is -4.36. The van der Waals surface area contributed by atoms with Crippen LogP contribution in [-0.2, 0) is 16.0 Å². The Balaban J connectivity index is 1.99. The summed E-state index contributed by atoms with van der Waals surface area (Å²) in [6.07, 6.45) is -2.64. The van der Waals surface area contributed by atoms with Gasteiger partial charge < -0.3 is 10.4 Å². The van der Waals surface area contributed by atoms with E-state index in [9.17, 15) is 22.8 Å². The largest absolute Gasteiger partial charge is 0.481 e. The van der Waals surface area contributed by atoms with Crippen molar-refractivity contribution in [2.75, 3.05) is 5.32 Å². The van der Waals surface area contributed by atoms with Gasteiger partial charge in [0.25, 0.3) is 0 Å². The number of halogens is 3. The van der Waals surface area contributed by atoms with Gasteiger partial charge in [-0.05, 0) is 37.0 Å². The topological polar surface area (TPSA) is 66.4 Å². The first-order chi connectivity index (χ1) is 11.3. The summed E-state index contributed by atoms with van der Waals surface area (Å²) in [5.41, 5.74) is 1.21. The molecule has 2 atom stereocenters. The summed E-state index contributed by atoms with van der Waals surface area (Å²) in [5.74, 6) is -4.13. The molecule has 1 amide bonds. The Labute approximate surface area is 138 Å². The molecule has 1 saturated carbocycles. The number of carbonyl (C=O) groups excluding carboxylic acids is 1. The fourth-order valence-electron chi connectivity index (χ4n) is 3.08. The maximum atomic E-state index is 13.1. The SMILES string of the molecule is O=C(O)CCc1ccc(NC(=O)[C@@H]2CCCC[C@H]2C(F)(F)F)cc1. The summed E-state index contributed by atoms with van der Waals surface area (Å²) in [7, 11) is 0. The average molecular weight is 343 g/mol. The van der Waals surface area contributed by atoms with Gasteiger partial charge in [-0.2, -0.15) is 13.2 Å². The molecule has 1 aromatic rings. The molecule has 1 aliphatic rings. The molecule has 0 aromatic heterocycles. The van der Waals surface area contributed by atoms with Crippen LogP contribution in [0.1, 0.15) is 37.7 Å². The van der Waals surface area contributed by atoms with Gasteiger partial charge in [-0.15, -0.1) is 0 Å². The summed E-state index contributed by atoms with van der Waals surface area (Å²) in [4.78, 5) is 22.8. The van der Waals surface area contributed by atoms with Gasteiger partial charge in [0.2, 0.25) is 5.91 Å². The van der Waals surface area contributed by atoms with E-state index in [2.05, 4.69) is 5.32 Å². The van der Waals surface area contributed by atoms with Gasteiger partial charge in [-0.25, -0.2) is 0 Å². The Morgan fingerprint density at radius 2 is 1.75 bits per heavy atom. The van der Waals surface area contributed by atoms with E-state index >= 15 is 0 Å². The van der Waals surface area contributed by atoms with E-state index in [-0.39, 0.29) is 19.3 Å². The summed E-state index contributed by atoms with van der Waals surface area (Å²) in [5, 5.41) is 11.2. The number of hydrogen-bond acceptors (Lipinski definition) is 2. The van der Waals surface area contributed by atoms with Crippen molar-refractivity contribution in [2.45, 2.75) is 44.7 Å². The number of carbonyl (C=O) groups is 2. The molecule has 2 rings (SSSR count). The zero-order valence-corrected chi connectivity index (χ0v) is 13.1. The third kappa shape index (κ3) is 4.97. The van der Waals surface area contributed by atoms with E-state index in [1.807, 2.05) is 0 Å². The van der Waals surface area contributed by atoms with Crippen molar-refractivity contribution in [1.29, 1.82) is 0 Å². The molecule has 1 aromatic carbocycles. The van der Waals surface area contributed by atoms with Crippen LogP contribution >= 0.6 is 0 Å². The van der Waals surface area contributed by atoms with Crippen molar-refractivity contribution in [3.8, 4) is 0 Å². The molecule has 0 unspecified atom stereocenters. The van der Waals surface area contributed by atoms with E-state index < -0.39 is 29.9 Å². The van der Waals surface area contributed by atoms with E-state index in [4.69, 9.17) is 5.11 Å². The van der Waals surface area contributed by atoms with E-state index in [0.29, 0.717) is 24.9 Å². The van der Waals surface area contributed by atoms with Crippen molar-refractivity contribution in [1.82, 2.24) is 0 Å². The molecule has 2 N–H and O–H groups in total. The highest BCUT2D eigenvalue weighted by Crippen LogP contribution is 2.41. The number of amides is 1. The highest BCUT2D eigenvalue weighted by molar-refractivity contribution is 5.92. The van der Waals surface area contributed by atoms with Gasteiger partial charge >= 0.3 is 12.1 Å². The van der Waals surface area contributed by atoms with Crippen LogP contribution in [0.15, 0.2) is 24.3 Å². The standard InChI is InChI=1S/C17H20F3NO3/c18-17(19,20)14-4-2-1-3-13(14)16(24)21-12-8-5-11(6-9-12)7-10-15(22)23/h5-6,8-9,13-14H,1-4,7,10H2,(H,21,24)(H,22,23)/t13-,14-/m1/s1. The maximum absolute atomic E-state index is 13.1. The second-order valence-corrected chi connectivity index (χ2v) is 6.12. The van der Waals surface area contributed by atoms with Gasteiger partial charge in [0.15, 0.2) is 0 Å². The van der Waals surface area contributed by atoms with Crippen LogP contribution < -0.4 is 5.32 Å². The van der Waals surface area contributed by atoms with Crippen LogP contribution in [0.3, 0.4) is 0 Å². The van der Waals surface area contributed by atoms with Gasteiger partial charge in [0, 0.05) is 18.0 Å². The molecule has 7 heteroatoms. The second kappa shape index (κ2) is 7.68. The van der Waals surface area contributed by atoms with Crippen molar-refractivity contribution in [3.63, 3.8) is 0 Å². The number of aliphatic carboxylic acids is 1. The predicted octanol–water partition coefficient (Wildman–Crippen LogP) is 4.01. The minimum absolute atomic E-state index is 0.00103. The number of nitrogens with one attached hydrogen (secondary N) is 1. The van der Waals surface area contributed by atoms with E-state index in [0.717, 1.165) is 5.56 Å². The molecule has 24 heavy (non-hydrogen) atoms. The monoisotopic (exact) mass is 343 g/mol. The molecule has 0 spiro atoms. The maximum Gasteiger partial charge on any atom is 0.392 e. The van der Waals surface area contributed by atoms with Crippen LogP contribution in [0.5, 0.6) is 0 Å². The van der Waals surface area contributed by atoms with Crippen LogP contribution in [0.25, 0.3) is 0 Å². The molecule has 0 heterocycles. The van der Waals surface area contributed by atoms with Crippen molar-refractivity contribution >= 4 is 17.6 Å². The van der Waals surface area contributed by atoms with Crippen molar-refractivity contribution in [3.05, 3.63) is 29.8 Å². The summed E-state index contributed by atoms with van der Waals surface area (Å²) in [6.45, 7) is 0. The second-order valence-electron chi connectivity index (χ2n) is 6.12. The Morgan fingerprint density at radius 3 is 2.33 bits per heavy atom. The summed E-state index contributed by atoms with van der Waals surface area (Å²) >= 11 is 0. The molecule has 1 fully saturated rings. The van der Waals surface area contributed by atoms with Crippen LogP contribution in [-0.4, -0.2) is 23.2 Å². The molecule has 0 radical (unpaired) electrons. The fourth-order valence-corrected chi connectivity index (χ4v) is 3.08. The Morgan fingerprint density at radius 1 is 1.12 bits per heavy atom.